The third-order valence-electron chi connectivity index (χ3n) is 6.16. The van der Waals surface area contributed by atoms with Crippen molar-refractivity contribution in [1.82, 2.24) is 5.32 Å². The van der Waals surface area contributed by atoms with Crippen molar-refractivity contribution < 1.29 is 19.2 Å². The highest BCUT2D eigenvalue weighted by Crippen LogP contribution is 2.28. The average molecular weight is 581 g/mol. The Morgan fingerprint density at radius 3 is 2.50 bits per heavy atom. The molecule has 13 heteroatoms. The number of hydrogen-bond acceptors (Lipinski definition) is 11. The van der Waals surface area contributed by atoms with Crippen LogP contribution >= 0.6 is 8.81 Å². The number of hydrogen-bond donors (Lipinski definition) is 6. The Morgan fingerprint density at radius 2 is 1.90 bits per heavy atom. The number of aliphatic hydroxyl groups is 1. The molecule has 226 valence electrons. The molecule has 12 nitrogen and oxygen atoms in total. The topological polar surface area (TPSA) is 209 Å². The van der Waals surface area contributed by atoms with Crippen molar-refractivity contribution in [2.45, 2.75) is 82.6 Å². The van der Waals surface area contributed by atoms with Crippen molar-refractivity contribution in [3.05, 3.63) is 35.9 Å². The molecule has 0 aliphatic carbocycles. The maximum atomic E-state index is 8.58. The maximum absolute atomic E-state index is 8.58. The minimum atomic E-state index is -0.0856. The van der Waals surface area contributed by atoms with Crippen LogP contribution < -0.4 is 28.3 Å². The SMILES string of the molecule is CC1CC(C)C(COPC(N)Cc2ccccc2)O1.NC1=NC=NC2N=CNC12.NC=O.NCCCCCCO. The van der Waals surface area contributed by atoms with Gasteiger partial charge in [-0.3, -0.25) is 4.79 Å². The van der Waals surface area contributed by atoms with Crippen LogP contribution in [0.3, 0.4) is 0 Å². The Bertz CT molecular complexity index is 871. The lowest BCUT2D eigenvalue weighted by atomic mass is 10.0. The lowest BCUT2D eigenvalue weighted by molar-refractivity contribution is -0.106. The van der Waals surface area contributed by atoms with Crippen molar-refractivity contribution in [3.8, 4) is 0 Å². The highest BCUT2D eigenvalue weighted by atomic mass is 31.1. The van der Waals surface area contributed by atoms with Crippen LogP contribution in [-0.4, -0.2) is 80.0 Å². The van der Waals surface area contributed by atoms with E-state index in [0.717, 1.165) is 45.1 Å². The molecule has 0 aromatic heterocycles. The number of unbranched alkanes of at least 4 members (excludes halogenated alkanes) is 3. The summed E-state index contributed by atoms with van der Waals surface area (Å²) in [5.41, 5.74) is 22.3. The van der Waals surface area contributed by atoms with Crippen molar-refractivity contribution in [3.63, 3.8) is 0 Å². The van der Waals surface area contributed by atoms with E-state index in [-0.39, 0.29) is 30.5 Å². The van der Waals surface area contributed by atoms with E-state index < -0.39 is 0 Å². The third kappa shape index (κ3) is 15.4. The molecule has 0 bridgehead atoms. The largest absolute Gasteiger partial charge is 0.396 e. The summed E-state index contributed by atoms with van der Waals surface area (Å²) in [6.07, 6.45) is 10.1. The van der Waals surface area contributed by atoms with Gasteiger partial charge in [0.15, 0.2) is 6.17 Å². The summed E-state index contributed by atoms with van der Waals surface area (Å²) < 4.78 is 11.6. The molecule has 1 amide bonds. The second-order valence-corrected chi connectivity index (χ2v) is 10.9. The number of rotatable bonds is 11. The first-order valence-corrected chi connectivity index (χ1v) is 14.8. The summed E-state index contributed by atoms with van der Waals surface area (Å²) in [5.74, 6) is 1.22. The quantitative estimate of drug-likeness (QED) is 0.127. The van der Waals surface area contributed by atoms with Crippen LogP contribution in [-0.2, 0) is 20.5 Å². The van der Waals surface area contributed by atoms with Gasteiger partial charge < -0.3 is 42.6 Å². The smallest absolute Gasteiger partial charge is 0.204 e. The number of primary amides is 1. The fourth-order valence-electron chi connectivity index (χ4n) is 4.11. The number of benzene rings is 1. The van der Waals surface area contributed by atoms with E-state index in [2.05, 4.69) is 52.0 Å². The minimum absolute atomic E-state index is 0.00926. The second kappa shape index (κ2) is 22.2. The molecule has 1 aromatic carbocycles. The van der Waals surface area contributed by atoms with E-state index in [9.17, 15) is 0 Å². The summed E-state index contributed by atoms with van der Waals surface area (Å²) in [4.78, 5) is 20.4. The predicted octanol–water partition coefficient (Wildman–Crippen LogP) is 1.25. The first-order chi connectivity index (χ1) is 19.4. The van der Waals surface area contributed by atoms with Crippen LogP contribution in [0.1, 0.15) is 51.5 Å². The van der Waals surface area contributed by atoms with E-state index in [1.54, 1.807) is 6.34 Å². The van der Waals surface area contributed by atoms with Crippen molar-refractivity contribution in [2.75, 3.05) is 19.8 Å². The van der Waals surface area contributed by atoms with E-state index in [1.807, 2.05) is 18.2 Å². The summed E-state index contributed by atoms with van der Waals surface area (Å²) in [6.45, 7) is 6.13. The van der Waals surface area contributed by atoms with Crippen molar-refractivity contribution >= 4 is 33.7 Å². The first kappa shape index (κ1) is 35.6. The van der Waals surface area contributed by atoms with Gasteiger partial charge in [-0.25, -0.2) is 15.0 Å². The summed E-state index contributed by atoms with van der Waals surface area (Å²) in [6, 6.07) is 10.3. The minimum Gasteiger partial charge on any atom is -0.396 e. The number of carbonyl (C=O) groups is 1. The number of nitrogens with zero attached hydrogens (tertiary/aromatic N) is 3. The molecule has 3 aliphatic rings. The number of ether oxygens (including phenoxy) is 1. The number of aliphatic imine (C=N–C) groups is 3. The number of nitrogens with one attached hydrogen (secondary N) is 1. The number of amidine groups is 1. The molecule has 0 radical (unpaired) electrons. The molecule has 1 aromatic rings. The van der Waals surface area contributed by atoms with E-state index in [0.29, 0.717) is 39.9 Å². The lowest BCUT2D eigenvalue weighted by Gasteiger charge is -2.17. The molecule has 1 fully saturated rings. The fraction of sp³-hybridized carbons (Fsp3) is 0.630. The van der Waals surface area contributed by atoms with Gasteiger partial charge in [0.25, 0.3) is 0 Å². The molecule has 10 N–H and O–H groups in total. The molecule has 3 aliphatic heterocycles. The highest BCUT2D eigenvalue weighted by Gasteiger charge is 2.29. The van der Waals surface area contributed by atoms with Gasteiger partial charge in [-0.15, -0.1) is 0 Å². The zero-order valence-electron chi connectivity index (χ0n) is 23.8. The monoisotopic (exact) mass is 580 g/mol. The zero-order chi connectivity index (χ0) is 29.6. The van der Waals surface area contributed by atoms with Gasteiger partial charge in [-0.05, 0) is 50.6 Å². The molecule has 4 rings (SSSR count). The summed E-state index contributed by atoms with van der Waals surface area (Å²) in [5, 5.41) is 11.3. The average Bonchev–Trinajstić information content (AvgIpc) is 3.55. The summed E-state index contributed by atoms with van der Waals surface area (Å²) in [7, 11) is 0.338. The van der Waals surface area contributed by atoms with E-state index >= 15 is 0 Å². The van der Waals surface area contributed by atoms with Gasteiger partial charge in [0, 0.05) is 15.4 Å². The van der Waals surface area contributed by atoms with Gasteiger partial charge >= 0.3 is 0 Å². The molecule has 1 saturated heterocycles. The van der Waals surface area contributed by atoms with Crippen molar-refractivity contribution in [2.24, 2.45) is 43.8 Å². The Kier molecular flexibility index (Phi) is 19.8. The molecule has 7 atom stereocenters. The number of fused-ring (bicyclic) bond motifs is 1. The molecule has 0 spiro atoms. The second-order valence-electron chi connectivity index (χ2n) is 9.64. The van der Waals surface area contributed by atoms with E-state index in [4.69, 9.17) is 36.4 Å². The standard InChI is InChI=1S/C15H24NO2P.C6H15NO.C5H7N5.CH3NO/c1-11-8-12(2)18-14(11)10-17-19-15(16)9-13-6-4-3-5-7-13;7-5-3-1-2-4-6-8;6-4-3-5(9-1-7-3)10-2-8-4;2-1-3/h3-7,11-12,14-15,19H,8-10,16H2,1-2H3;8H,1-7H2;1-3,5H,(H,7,9)(H2,6,8,10);1H,(H2,2,3). The van der Waals surface area contributed by atoms with Crippen LogP contribution in [0.5, 0.6) is 0 Å². The van der Waals surface area contributed by atoms with Crippen LogP contribution in [0, 0.1) is 5.92 Å². The molecule has 7 unspecified atom stereocenters. The van der Waals surface area contributed by atoms with Crippen LogP contribution in [0.2, 0.25) is 0 Å². The Labute approximate surface area is 240 Å². The van der Waals surface area contributed by atoms with E-state index in [1.165, 1.54) is 11.9 Å². The molecule has 40 heavy (non-hydrogen) atoms. The maximum Gasteiger partial charge on any atom is 0.204 e. The van der Waals surface area contributed by atoms with Gasteiger partial charge in [0.05, 0.1) is 30.9 Å². The predicted molar refractivity (Wildman–Crippen MR) is 165 cm³/mol. The van der Waals surface area contributed by atoms with Crippen LogP contribution in [0.25, 0.3) is 0 Å². The third-order valence-corrected chi connectivity index (χ3v) is 7.00. The fourth-order valence-corrected chi connectivity index (χ4v) is 4.90. The number of carbonyl (C=O) groups excluding carboxylic acids is 1. The van der Waals surface area contributed by atoms with Gasteiger partial charge in [0.1, 0.15) is 18.2 Å². The van der Waals surface area contributed by atoms with Crippen molar-refractivity contribution in [1.29, 1.82) is 0 Å². The number of amides is 1. The number of nitrogens with two attached hydrogens (primary N) is 4. The normalized spacial score (nSPS) is 24.8. The Morgan fingerprint density at radius 1 is 1.20 bits per heavy atom. The van der Waals surface area contributed by atoms with Gasteiger partial charge in [-0.1, -0.05) is 50.1 Å². The Balaban J connectivity index is 0.000000318. The molecule has 3 heterocycles. The van der Waals surface area contributed by atoms with Gasteiger partial charge in [-0.2, -0.15) is 0 Å². The van der Waals surface area contributed by atoms with Crippen LogP contribution in [0.4, 0.5) is 0 Å². The zero-order valence-corrected chi connectivity index (χ0v) is 24.8. The first-order valence-electron chi connectivity index (χ1n) is 13.8. The van der Waals surface area contributed by atoms with Crippen LogP contribution in [0.15, 0.2) is 45.3 Å². The Hall–Kier alpha value is -2.47. The summed E-state index contributed by atoms with van der Waals surface area (Å²) >= 11 is 0. The lowest BCUT2D eigenvalue weighted by Crippen LogP contribution is -2.45. The molecular weight excluding hydrogens is 531 g/mol. The number of aliphatic hydroxyl groups excluding tert-OH is 1. The van der Waals surface area contributed by atoms with Gasteiger partial charge in [0.2, 0.25) is 6.41 Å². The highest BCUT2D eigenvalue weighted by molar-refractivity contribution is 7.33. The molecule has 0 saturated carbocycles. The molecular formula is C27H49N8O4P.